The molecule has 1 atom stereocenters. The minimum absolute atomic E-state index is 0.0556. The van der Waals surface area contributed by atoms with Crippen LogP contribution in [0.4, 0.5) is 0 Å². The lowest BCUT2D eigenvalue weighted by Gasteiger charge is -2.13. The number of sulfonamides is 1. The largest absolute Gasteiger partial charge is 0.497 e. The van der Waals surface area contributed by atoms with Crippen molar-refractivity contribution in [2.24, 2.45) is 0 Å². The third kappa shape index (κ3) is 2.97. The number of benzene rings is 2. The first-order valence-corrected chi connectivity index (χ1v) is 9.95. The lowest BCUT2D eigenvalue weighted by Crippen LogP contribution is -2.29. The van der Waals surface area contributed by atoms with Gasteiger partial charge in [-0.1, -0.05) is 18.2 Å². The number of hydrogen-bond donors (Lipinski definition) is 1. The second-order valence-corrected chi connectivity index (χ2v) is 8.89. The van der Waals surface area contributed by atoms with Crippen LogP contribution in [0.1, 0.15) is 11.6 Å². The van der Waals surface area contributed by atoms with Crippen molar-refractivity contribution in [3.05, 3.63) is 54.1 Å². The van der Waals surface area contributed by atoms with E-state index in [2.05, 4.69) is 4.72 Å². The van der Waals surface area contributed by atoms with Crippen molar-refractivity contribution >= 4 is 19.9 Å². The first-order chi connectivity index (χ1) is 10.8. The highest BCUT2D eigenvalue weighted by molar-refractivity contribution is 7.92. The summed E-state index contributed by atoms with van der Waals surface area (Å²) in [6, 6.07) is 11.5. The predicted molar refractivity (Wildman–Crippen MR) is 84.6 cm³/mol. The highest BCUT2D eigenvalue weighted by Crippen LogP contribution is 2.34. The van der Waals surface area contributed by atoms with E-state index in [1.165, 1.54) is 37.4 Å². The topological polar surface area (TPSA) is 89.5 Å². The van der Waals surface area contributed by atoms with Crippen LogP contribution in [0.25, 0.3) is 0 Å². The van der Waals surface area contributed by atoms with Crippen LogP contribution in [0.3, 0.4) is 0 Å². The molecule has 0 aromatic heterocycles. The van der Waals surface area contributed by atoms with Gasteiger partial charge in [0.25, 0.3) is 0 Å². The third-order valence-corrected chi connectivity index (χ3v) is 6.98. The summed E-state index contributed by atoms with van der Waals surface area (Å²) in [5.74, 6) is 0.264. The van der Waals surface area contributed by atoms with E-state index in [0.717, 1.165) is 0 Å². The molecule has 23 heavy (non-hydrogen) atoms. The van der Waals surface area contributed by atoms with Crippen molar-refractivity contribution < 1.29 is 21.6 Å². The quantitative estimate of drug-likeness (QED) is 0.900. The van der Waals surface area contributed by atoms with Crippen LogP contribution >= 0.6 is 0 Å². The Bertz CT molecular complexity index is 934. The number of sulfone groups is 1. The number of nitrogens with one attached hydrogen (secondary N) is 1. The van der Waals surface area contributed by atoms with Gasteiger partial charge < -0.3 is 4.74 Å². The molecule has 8 heteroatoms. The molecular formula is C15H15NO5S2. The van der Waals surface area contributed by atoms with Crippen molar-refractivity contribution in [1.29, 1.82) is 0 Å². The molecule has 0 saturated heterocycles. The Kier molecular flexibility index (Phi) is 3.91. The summed E-state index contributed by atoms with van der Waals surface area (Å²) in [4.78, 5) is 0.238. The van der Waals surface area contributed by atoms with Crippen LogP contribution in [0.5, 0.6) is 5.75 Å². The maximum absolute atomic E-state index is 12.5. The van der Waals surface area contributed by atoms with Crippen LogP contribution in [-0.2, 0) is 19.9 Å². The average Bonchev–Trinajstić information content (AvgIpc) is 2.78. The van der Waals surface area contributed by atoms with E-state index >= 15 is 0 Å². The van der Waals surface area contributed by atoms with Crippen molar-refractivity contribution in [2.45, 2.75) is 15.8 Å². The summed E-state index contributed by atoms with van der Waals surface area (Å²) in [5.41, 5.74) is 0.476. The first kappa shape index (κ1) is 16.0. The molecule has 1 aliphatic rings. The van der Waals surface area contributed by atoms with E-state index in [-0.39, 0.29) is 15.5 Å². The molecule has 1 unspecified atom stereocenters. The van der Waals surface area contributed by atoms with Crippen LogP contribution in [0.2, 0.25) is 0 Å². The van der Waals surface area contributed by atoms with E-state index in [0.29, 0.717) is 11.3 Å². The highest BCUT2D eigenvalue weighted by atomic mass is 32.2. The molecule has 1 aliphatic heterocycles. The van der Waals surface area contributed by atoms with Crippen molar-refractivity contribution in [3.8, 4) is 5.75 Å². The van der Waals surface area contributed by atoms with Gasteiger partial charge in [-0.05, 0) is 35.9 Å². The van der Waals surface area contributed by atoms with E-state index in [1.807, 2.05) is 0 Å². The van der Waals surface area contributed by atoms with Crippen LogP contribution in [0.15, 0.2) is 58.3 Å². The molecule has 122 valence electrons. The number of ether oxygens (including phenoxy) is 1. The van der Waals surface area contributed by atoms with Crippen molar-refractivity contribution in [3.63, 3.8) is 0 Å². The van der Waals surface area contributed by atoms with Crippen LogP contribution in [-0.4, -0.2) is 29.7 Å². The van der Waals surface area contributed by atoms with E-state index in [1.54, 1.807) is 18.2 Å². The van der Waals surface area contributed by atoms with Crippen molar-refractivity contribution in [2.75, 3.05) is 12.9 Å². The maximum atomic E-state index is 12.5. The summed E-state index contributed by atoms with van der Waals surface area (Å²) in [6.45, 7) is 0. The Hall–Kier alpha value is -1.90. The second kappa shape index (κ2) is 5.63. The lowest BCUT2D eigenvalue weighted by atomic mass is 10.1. The number of fused-ring (bicyclic) bond motifs is 1. The molecule has 0 fully saturated rings. The van der Waals surface area contributed by atoms with Gasteiger partial charge in [0.1, 0.15) is 5.75 Å². The Labute approximate surface area is 135 Å². The molecular weight excluding hydrogens is 338 g/mol. The molecule has 0 bridgehead atoms. The number of methoxy groups -OCH3 is 1. The highest BCUT2D eigenvalue weighted by Gasteiger charge is 2.36. The van der Waals surface area contributed by atoms with Gasteiger partial charge in [-0.15, -0.1) is 0 Å². The Morgan fingerprint density at radius 3 is 2.39 bits per heavy atom. The molecule has 0 spiro atoms. The smallest absolute Gasteiger partial charge is 0.241 e. The molecule has 0 amide bonds. The zero-order valence-electron chi connectivity index (χ0n) is 12.3. The molecule has 2 aromatic rings. The maximum Gasteiger partial charge on any atom is 0.241 e. The Morgan fingerprint density at radius 1 is 1.09 bits per heavy atom. The summed E-state index contributed by atoms with van der Waals surface area (Å²) < 4.78 is 56.6. The van der Waals surface area contributed by atoms with E-state index < -0.39 is 25.9 Å². The molecule has 1 heterocycles. The van der Waals surface area contributed by atoms with Gasteiger partial charge in [0.15, 0.2) is 9.84 Å². The molecule has 3 rings (SSSR count). The number of hydrogen-bond acceptors (Lipinski definition) is 5. The normalized spacial score (nSPS) is 19.3. The zero-order chi connectivity index (χ0) is 16.7. The summed E-state index contributed by atoms with van der Waals surface area (Å²) in [7, 11) is -5.81. The number of rotatable bonds is 4. The molecule has 0 aliphatic carbocycles. The SMILES string of the molecule is COc1ccc(S(=O)(=O)NC2CS(=O)(=O)c3ccccc32)cc1. The van der Waals surface area contributed by atoms with Gasteiger partial charge in [0, 0.05) is 0 Å². The van der Waals surface area contributed by atoms with Gasteiger partial charge in [-0.3, -0.25) is 0 Å². The molecule has 0 radical (unpaired) electrons. The fraction of sp³-hybridized carbons (Fsp3) is 0.200. The summed E-state index contributed by atoms with van der Waals surface area (Å²) >= 11 is 0. The van der Waals surface area contributed by atoms with Crippen LogP contribution in [0, 0.1) is 0 Å². The fourth-order valence-electron chi connectivity index (χ4n) is 2.56. The van der Waals surface area contributed by atoms with Gasteiger partial charge in [-0.25, -0.2) is 21.6 Å². The monoisotopic (exact) mass is 353 g/mol. The van der Waals surface area contributed by atoms with Crippen molar-refractivity contribution in [1.82, 2.24) is 4.72 Å². The molecule has 6 nitrogen and oxygen atoms in total. The summed E-state index contributed by atoms with van der Waals surface area (Å²) in [5, 5.41) is 0. The minimum Gasteiger partial charge on any atom is -0.497 e. The van der Waals surface area contributed by atoms with Gasteiger partial charge in [0.05, 0.1) is 28.7 Å². The standard InChI is InChI=1S/C15H15NO5S2/c1-21-11-6-8-12(9-7-11)23(19,20)16-14-10-22(17,18)15-5-3-2-4-13(14)15/h2-9,14,16H,10H2,1H3. The Morgan fingerprint density at radius 2 is 1.74 bits per heavy atom. The predicted octanol–water partition coefficient (Wildman–Crippen LogP) is 1.50. The minimum atomic E-state index is -3.83. The van der Waals surface area contributed by atoms with E-state index in [4.69, 9.17) is 4.74 Å². The average molecular weight is 353 g/mol. The first-order valence-electron chi connectivity index (χ1n) is 6.81. The van der Waals surface area contributed by atoms with Gasteiger partial charge >= 0.3 is 0 Å². The zero-order valence-corrected chi connectivity index (χ0v) is 13.9. The molecule has 2 aromatic carbocycles. The van der Waals surface area contributed by atoms with Gasteiger partial charge in [0.2, 0.25) is 10.0 Å². The summed E-state index contributed by atoms with van der Waals surface area (Å²) in [6.07, 6.45) is 0. The Balaban J connectivity index is 1.92. The third-order valence-electron chi connectivity index (χ3n) is 3.68. The van der Waals surface area contributed by atoms with E-state index in [9.17, 15) is 16.8 Å². The van der Waals surface area contributed by atoms with Gasteiger partial charge in [-0.2, -0.15) is 0 Å². The van der Waals surface area contributed by atoms with Crippen LogP contribution < -0.4 is 9.46 Å². The molecule has 1 N–H and O–H groups in total. The second-order valence-electron chi connectivity index (χ2n) is 5.17. The fourth-order valence-corrected chi connectivity index (χ4v) is 5.62. The molecule has 0 saturated carbocycles. The lowest BCUT2D eigenvalue weighted by molar-refractivity contribution is 0.414.